The van der Waals surface area contributed by atoms with Crippen LogP contribution < -0.4 is 0 Å². The van der Waals surface area contributed by atoms with Crippen molar-refractivity contribution < 1.29 is 0 Å². The Hall–Kier alpha value is -0.0251. The van der Waals surface area contributed by atoms with E-state index in [0.717, 1.165) is 12.4 Å². The van der Waals surface area contributed by atoms with E-state index in [9.17, 15) is 0 Å². The average Bonchev–Trinajstić information content (AvgIpc) is 2.30. The summed E-state index contributed by atoms with van der Waals surface area (Å²) in [6, 6.07) is 1.39. The molecule has 0 unspecified atom stereocenters. The molecular weight excluding hydrogens is 174 g/mol. The van der Waals surface area contributed by atoms with Crippen LogP contribution in [0.1, 0.15) is 0 Å². The second kappa shape index (κ2) is 3.28. The molecule has 1 aliphatic carbocycles. The number of hydrogen-bond donors (Lipinski definition) is 0. The van der Waals surface area contributed by atoms with Gasteiger partial charge in [-0.15, -0.1) is 0 Å². The fraction of sp³-hybridized carbons (Fsp3) is 0.636. The molecule has 2 heteroatoms. The zero-order valence-electron chi connectivity index (χ0n) is 9.62. The first-order chi connectivity index (χ1) is 5.80. The van der Waals surface area contributed by atoms with Crippen molar-refractivity contribution in [3.05, 3.63) is 24.3 Å². The van der Waals surface area contributed by atoms with Crippen molar-refractivity contribution >= 4 is 13.3 Å². The summed E-state index contributed by atoms with van der Waals surface area (Å²) in [7, 11) is 0. The molecule has 0 aliphatic heterocycles. The van der Waals surface area contributed by atoms with E-state index in [1.807, 2.05) is 0 Å². The van der Waals surface area contributed by atoms with Crippen LogP contribution in [0.4, 0.5) is 0 Å². The van der Waals surface area contributed by atoms with Gasteiger partial charge in [-0.1, -0.05) is 0 Å². The minimum atomic E-state index is -1.48. The van der Waals surface area contributed by atoms with E-state index in [-0.39, 0.29) is 0 Å². The van der Waals surface area contributed by atoms with Crippen LogP contribution in [0, 0.1) is 0 Å². The van der Waals surface area contributed by atoms with E-state index in [1.54, 1.807) is 0 Å². The average molecular weight is 196 g/mol. The van der Waals surface area contributed by atoms with Crippen LogP contribution in [0.15, 0.2) is 24.3 Å². The Labute approximate surface area is 83.5 Å². The third-order valence-corrected chi connectivity index (χ3v) is 7.44. The molecule has 13 heavy (non-hydrogen) atoms. The van der Waals surface area contributed by atoms with Gasteiger partial charge in [0.1, 0.15) is 0 Å². The van der Waals surface area contributed by atoms with Gasteiger partial charge in [0.05, 0.1) is 0 Å². The first-order valence-electron chi connectivity index (χ1n) is 5.15. The predicted octanol–water partition coefficient (Wildman–Crippen LogP) is 3.22. The molecule has 0 aromatic carbocycles. The summed E-state index contributed by atoms with van der Waals surface area (Å²) in [4.78, 5) is 0. The van der Waals surface area contributed by atoms with Gasteiger partial charge in [0.25, 0.3) is 0 Å². The van der Waals surface area contributed by atoms with E-state index in [1.165, 1.54) is 6.06 Å². The summed E-state index contributed by atoms with van der Waals surface area (Å²) in [6.07, 6.45) is 9.15. The number of rotatable bonds is 3. The van der Waals surface area contributed by atoms with E-state index in [0.29, 0.717) is 0 Å². The van der Waals surface area contributed by atoms with Crippen molar-refractivity contribution in [3.63, 3.8) is 0 Å². The summed E-state index contributed by atoms with van der Waals surface area (Å²) in [5.74, 6) is 0. The Morgan fingerprint density at radius 1 is 1.08 bits per heavy atom. The molecule has 1 rings (SSSR count). The van der Waals surface area contributed by atoms with E-state index < -0.39 is 6.60 Å². The third kappa shape index (κ3) is 2.71. The van der Waals surface area contributed by atoms with Gasteiger partial charge in [0, 0.05) is 0 Å². The molecular formula is C11H22BP. The molecule has 0 aromatic heterocycles. The maximum atomic E-state index is 2.51. The van der Waals surface area contributed by atoms with Crippen molar-refractivity contribution in [2.24, 2.45) is 0 Å². The zero-order chi connectivity index (χ0) is 10.1. The molecule has 0 spiro atoms. The maximum absolute atomic E-state index is 2.51. The normalized spacial score (nSPS) is 20.2. The van der Waals surface area contributed by atoms with Gasteiger partial charge in [-0.2, -0.15) is 0 Å². The van der Waals surface area contributed by atoms with Crippen molar-refractivity contribution in [1.29, 1.82) is 0 Å². The van der Waals surface area contributed by atoms with Crippen molar-refractivity contribution in [3.8, 4) is 0 Å². The molecule has 0 atom stereocenters. The van der Waals surface area contributed by atoms with Crippen molar-refractivity contribution in [1.82, 2.24) is 0 Å². The Bertz CT molecular complexity index is 231. The van der Waals surface area contributed by atoms with E-state index in [2.05, 4.69) is 57.9 Å². The van der Waals surface area contributed by atoms with Crippen LogP contribution >= 0.6 is 6.60 Å². The van der Waals surface area contributed by atoms with Gasteiger partial charge < -0.3 is 0 Å². The van der Waals surface area contributed by atoms with Gasteiger partial charge >= 0.3 is 83.0 Å². The van der Waals surface area contributed by atoms with Crippen LogP contribution in [0.25, 0.3) is 0 Å². The molecule has 0 N–H and O–H groups in total. The van der Waals surface area contributed by atoms with Gasteiger partial charge in [-0.3, -0.25) is 0 Å². The summed E-state index contributed by atoms with van der Waals surface area (Å²) in [6.45, 7) is 11.5. The standard InChI is InChI=1S/C11H22BP/c1-12(2)10-13(3,4,5)11-8-6-7-9-11/h6-9,11H,10H2,1-5H3. The summed E-state index contributed by atoms with van der Waals surface area (Å²) < 4.78 is 0. The zero-order valence-corrected chi connectivity index (χ0v) is 10.5. The summed E-state index contributed by atoms with van der Waals surface area (Å²) in [5.41, 5.74) is 0.730. The van der Waals surface area contributed by atoms with Crippen molar-refractivity contribution in [2.45, 2.75) is 19.3 Å². The fourth-order valence-corrected chi connectivity index (χ4v) is 6.82. The Balaban J connectivity index is 2.82. The molecule has 0 aromatic rings. The topological polar surface area (TPSA) is 0 Å². The summed E-state index contributed by atoms with van der Waals surface area (Å²) in [5, 5.41) is 0. The second-order valence-electron chi connectivity index (χ2n) is 6.08. The number of allylic oxidation sites excluding steroid dienone is 4. The molecule has 0 amide bonds. The minimum absolute atomic E-state index is 0.730. The van der Waals surface area contributed by atoms with Gasteiger partial charge in [0.15, 0.2) is 0 Å². The molecule has 0 bridgehead atoms. The quantitative estimate of drug-likeness (QED) is 0.480. The third-order valence-electron chi connectivity index (χ3n) is 2.85. The van der Waals surface area contributed by atoms with Gasteiger partial charge in [-0.25, -0.2) is 0 Å². The van der Waals surface area contributed by atoms with Gasteiger partial charge in [0.2, 0.25) is 0 Å². The summed E-state index contributed by atoms with van der Waals surface area (Å²) >= 11 is 0. The molecule has 0 fully saturated rings. The predicted molar refractivity (Wildman–Crippen MR) is 69.1 cm³/mol. The van der Waals surface area contributed by atoms with Crippen LogP contribution in [-0.2, 0) is 0 Å². The SMILES string of the molecule is CB(C)CP(C)(C)(C)C1C=CC=C1. The molecule has 0 saturated heterocycles. The van der Waals surface area contributed by atoms with Gasteiger partial charge in [-0.05, 0) is 0 Å². The van der Waals surface area contributed by atoms with Crippen LogP contribution in [0.3, 0.4) is 0 Å². The Morgan fingerprint density at radius 2 is 1.54 bits per heavy atom. The van der Waals surface area contributed by atoms with Crippen LogP contribution in [-0.4, -0.2) is 38.4 Å². The molecule has 0 nitrogen and oxygen atoms in total. The molecule has 1 aliphatic rings. The second-order valence-corrected chi connectivity index (χ2v) is 13.5. The van der Waals surface area contributed by atoms with Crippen LogP contribution in [0.5, 0.6) is 0 Å². The van der Waals surface area contributed by atoms with E-state index in [4.69, 9.17) is 0 Å². The number of hydrogen-bond acceptors (Lipinski definition) is 0. The Kier molecular flexibility index (Phi) is 2.79. The molecule has 0 saturated carbocycles. The van der Waals surface area contributed by atoms with Crippen LogP contribution in [0.2, 0.25) is 13.6 Å². The molecule has 0 radical (unpaired) electrons. The molecule has 0 heterocycles. The van der Waals surface area contributed by atoms with Crippen molar-refractivity contribution in [2.75, 3.05) is 26.1 Å². The Morgan fingerprint density at radius 3 is 1.92 bits per heavy atom. The monoisotopic (exact) mass is 196 g/mol. The first-order valence-corrected chi connectivity index (χ1v) is 8.98. The van der Waals surface area contributed by atoms with E-state index >= 15 is 0 Å². The fourth-order valence-electron chi connectivity index (χ4n) is 2.49. The molecule has 74 valence electrons. The first kappa shape index (κ1) is 11.1.